The van der Waals surface area contributed by atoms with Gasteiger partial charge in [-0.15, -0.1) is 0 Å². The van der Waals surface area contributed by atoms with Gasteiger partial charge in [0.05, 0.1) is 0 Å². The third-order valence-corrected chi connectivity index (χ3v) is 18.2. The largest absolute Gasteiger partial charge is 0.381 e. The summed E-state index contributed by atoms with van der Waals surface area (Å²) in [4.78, 5) is 0. The molecule has 0 bridgehead atoms. The number of ether oxygens (including phenoxy) is 1. The fraction of sp³-hybridized carbons (Fsp3) is 1.00. The lowest BCUT2D eigenvalue weighted by atomic mass is 9.56. The summed E-state index contributed by atoms with van der Waals surface area (Å²) in [6.07, 6.45) is 17.2. The van der Waals surface area contributed by atoms with E-state index in [1.807, 2.05) is 0 Å². The predicted molar refractivity (Wildman–Crippen MR) is 241 cm³/mol. The number of hydrogen-bond donors (Lipinski definition) is 0. The summed E-state index contributed by atoms with van der Waals surface area (Å²) in [6, 6.07) is 0. The zero-order valence-electron chi connectivity index (χ0n) is 41.1. The Hall–Kier alpha value is -0.0400. The zero-order valence-corrected chi connectivity index (χ0v) is 41.1. The van der Waals surface area contributed by atoms with E-state index in [4.69, 9.17) is 4.74 Å². The van der Waals surface area contributed by atoms with Crippen LogP contribution in [-0.2, 0) is 4.74 Å². The van der Waals surface area contributed by atoms with Crippen LogP contribution in [0.25, 0.3) is 0 Å². The molecule has 0 N–H and O–H groups in total. The quantitative estimate of drug-likeness (QED) is 0.216. The molecule has 0 atom stereocenters. The minimum Gasteiger partial charge on any atom is -0.381 e. The molecule has 53 heavy (non-hydrogen) atoms. The van der Waals surface area contributed by atoms with Gasteiger partial charge in [-0.1, -0.05) is 172 Å². The molecule has 0 amide bonds. The van der Waals surface area contributed by atoms with Gasteiger partial charge in [0.15, 0.2) is 0 Å². The Morgan fingerprint density at radius 2 is 0.528 bits per heavy atom. The SMILES string of the molecule is CC(C)C1(C(C)C)CC1.CC(C)C1(C(C)C)CC1(C)C.CC(C)C1(C(C)C)CCC1.CC(C)C1(C(C)C)CCCC1.CC(C)C1(C(C)C)CCOCC1. The molecule has 318 valence electrons. The van der Waals surface area contributed by atoms with Crippen LogP contribution in [0.2, 0.25) is 0 Å². The predicted octanol–water partition coefficient (Wildman–Crippen LogP) is 17.2. The molecule has 1 aliphatic heterocycles. The van der Waals surface area contributed by atoms with Crippen molar-refractivity contribution in [3.63, 3.8) is 0 Å². The first-order valence-corrected chi connectivity index (χ1v) is 23.8. The average molecular weight is 745 g/mol. The van der Waals surface area contributed by atoms with Crippen LogP contribution in [0, 0.1) is 91.7 Å². The van der Waals surface area contributed by atoms with Gasteiger partial charge in [-0.2, -0.15) is 0 Å². The molecule has 4 aliphatic carbocycles. The van der Waals surface area contributed by atoms with Crippen molar-refractivity contribution in [1.82, 2.24) is 0 Å². The van der Waals surface area contributed by atoms with E-state index in [0.717, 1.165) is 83.2 Å². The lowest BCUT2D eigenvalue weighted by Gasteiger charge is -2.49. The van der Waals surface area contributed by atoms with Gasteiger partial charge in [-0.3, -0.25) is 0 Å². The summed E-state index contributed by atoms with van der Waals surface area (Å²) in [5.41, 5.74) is 3.97. The highest BCUT2D eigenvalue weighted by Gasteiger charge is 2.63. The lowest BCUT2D eigenvalue weighted by Crippen LogP contribution is -2.39. The maximum Gasteiger partial charge on any atom is 0.0471 e. The molecule has 5 rings (SSSR count). The smallest absolute Gasteiger partial charge is 0.0471 e. The molecular formula is C52H104O. The molecule has 1 heteroatoms. The van der Waals surface area contributed by atoms with Crippen molar-refractivity contribution in [3.05, 3.63) is 0 Å². The Labute approximate surface area is 337 Å². The van der Waals surface area contributed by atoms with Crippen LogP contribution in [0.5, 0.6) is 0 Å². The molecule has 1 heterocycles. The summed E-state index contributed by atoms with van der Waals surface area (Å²) in [5.74, 6) is 8.62. The average Bonchev–Trinajstić information content (AvgIpc) is 3.88. The monoisotopic (exact) mass is 745 g/mol. The van der Waals surface area contributed by atoms with E-state index in [1.165, 1.54) is 77.0 Å². The maximum atomic E-state index is 5.43. The first-order valence-electron chi connectivity index (χ1n) is 23.8. The highest BCUT2D eigenvalue weighted by Crippen LogP contribution is 2.71. The fourth-order valence-corrected chi connectivity index (χ4v) is 13.1. The highest BCUT2D eigenvalue weighted by atomic mass is 16.5. The second kappa shape index (κ2) is 20.6. The Bertz CT molecular complexity index is 913. The summed E-state index contributed by atoms with van der Waals surface area (Å²) in [7, 11) is 0. The first kappa shape index (κ1) is 51.0. The van der Waals surface area contributed by atoms with Crippen molar-refractivity contribution in [2.24, 2.45) is 91.7 Å². The topological polar surface area (TPSA) is 9.23 Å². The Morgan fingerprint density at radius 3 is 0.623 bits per heavy atom. The van der Waals surface area contributed by atoms with Crippen LogP contribution < -0.4 is 0 Å². The molecule has 1 saturated heterocycles. The van der Waals surface area contributed by atoms with E-state index in [-0.39, 0.29) is 0 Å². The molecule has 5 aliphatic rings. The Kier molecular flexibility index (Phi) is 19.8. The van der Waals surface area contributed by atoms with Gasteiger partial charge in [-0.05, 0) is 149 Å². The van der Waals surface area contributed by atoms with E-state index in [0.29, 0.717) is 21.7 Å². The Morgan fingerprint density at radius 1 is 0.302 bits per heavy atom. The first-order chi connectivity index (χ1) is 24.2. The van der Waals surface area contributed by atoms with E-state index >= 15 is 0 Å². The van der Waals surface area contributed by atoms with Crippen LogP contribution in [0.1, 0.15) is 229 Å². The second-order valence-corrected chi connectivity index (χ2v) is 23.3. The van der Waals surface area contributed by atoms with Crippen LogP contribution in [0.4, 0.5) is 0 Å². The molecule has 0 radical (unpaired) electrons. The zero-order chi connectivity index (χ0) is 41.4. The van der Waals surface area contributed by atoms with Gasteiger partial charge in [0.1, 0.15) is 0 Å². The number of hydrogen-bond acceptors (Lipinski definition) is 1. The van der Waals surface area contributed by atoms with Crippen LogP contribution in [0.15, 0.2) is 0 Å². The van der Waals surface area contributed by atoms with Crippen LogP contribution in [-0.4, -0.2) is 13.2 Å². The van der Waals surface area contributed by atoms with E-state index in [2.05, 4.69) is 152 Å². The van der Waals surface area contributed by atoms with Gasteiger partial charge < -0.3 is 4.74 Å². The minimum atomic E-state index is 0.554. The van der Waals surface area contributed by atoms with Crippen molar-refractivity contribution in [2.75, 3.05) is 13.2 Å². The van der Waals surface area contributed by atoms with Gasteiger partial charge in [-0.25, -0.2) is 0 Å². The summed E-state index contributed by atoms with van der Waals surface area (Å²) >= 11 is 0. The third kappa shape index (κ3) is 11.8. The minimum absolute atomic E-state index is 0.554. The summed E-state index contributed by atoms with van der Waals surface area (Å²) in [5, 5.41) is 0. The summed E-state index contributed by atoms with van der Waals surface area (Å²) in [6.45, 7) is 54.1. The lowest BCUT2D eigenvalue weighted by molar-refractivity contribution is -0.0381. The summed E-state index contributed by atoms with van der Waals surface area (Å²) < 4.78 is 5.43. The normalized spacial score (nSPS) is 24.0. The van der Waals surface area contributed by atoms with Gasteiger partial charge in [0, 0.05) is 13.2 Å². The van der Waals surface area contributed by atoms with Crippen molar-refractivity contribution in [1.29, 1.82) is 0 Å². The molecule has 0 spiro atoms. The number of rotatable bonds is 10. The molecule has 0 aromatic rings. The molecule has 5 fully saturated rings. The fourth-order valence-electron chi connectivity index (χ4n) is 13.1. The van der Waals surface area contributed by atoms with E-state index in [1.54, 1.807) is 0 Å². The van der Waals surface area contributed by atoms with Crippen molar-refractivity contribution >= 4 is 0 Å². The van der Waals surface area contributed by atoms with E-state index in [9.17, 15) is 0 Å². The second-order valence-electron chi connectivity index (χ2n) is 23.3. The van der Waals surface area contributed by atoms with Gasteiger partial charge >= 0.3 is 0 Å². The standard InChI is InChI=1S/C11H22O.2C11H22.C10H20.C9H18/c1-9(2)11(10(3)4)5-7-12-8-6-11;1-8(2)11(9(3)4)7-10(11,5)6;1-9(2)11(10(3)4)7-5-6-8-11;1-8(2)10(9(3)4)6-5-7-10;1-7(2)9(5-6-9)8(3)4/h9-10H,5-8H2,1-4H3;8-9H,7H2,1-6H3;9-10H,5-8H2,1-4H3;8-9H,5-7H2,1-4H3;7-8H,5-6H2,1-4H3. The molecule has 0 aromatic heterocycles. The van der Waals surface area contributed by atoms with Crippen molar-refractivity contribution in [2.45, 2.75) is 229 Å². The third-order valence-electron chi connectivity index (χ3n) is 18.2. The van der Waals surface area contributed by atoms with E-state index < -0.39 is 0 Å². The van der Waals surface area contributed by atoms with Gasteiger partial charge in [0.2, 0.25) is 0 Å². The van der Waals surface area contributed by atoms with Crippen LogP contribution >= 0.6 is 0 Å². The molecule has 1 nitrogen and oxygen atoms in total. The highest BCUT2D eigenvalue weighted by molar-refractivity contribution is 5.12. The Balaban J connectivity index is 0.000000332. The van der Waals surface area contributed by atoms with Crippen LogP contribution in [0.3, 0.4) is 0 Å². The molecule has 4 saturated carbocycles. The van der Waals surface area contributed by atoms with Crippen molar-refractivity contribution in [3.8, 4) is 0 Å². The molecule has 0 aromatic carbocycles. The maximum absolute atomic E-state index is 5.43. The molecule has 0 unspecified atom stereocenters. The van der Waals surface area contributed by atoms with Gasteiger partial charge in [0.25, 0.3) is 0 Å². The van der Waals surface area contributed by atoms with Crippen molar-refractivity contribution < 1.29 is 4.74 Å². The molecular weight excluding hydrogens is 641 g/mol.